The number of hydrogen-bond donors (Lipinski definition) is 2. The highest BCUT2D eigenvalue weighted by atomic mass is 35.5. The third-order valence-electron chi connectivity index (χ3n) is 4.05. The number of tetrazole rings is 1. The number of benzene rings is 1. The van der Waals surface area contributed by atoms with Crippen LogP contribution < -0.4 is 15.8 Å². The van der Waals surface area contributed by atoms with Crippen LogP contribution in [0.15, 0.2) is 18.2 Å². The second-order valence-electron chi connectivity index (χ2n) is 5.99. The van der Waals surface area contributed by atoms with Crippen molar-refractivity contribution in [2.75, 3.05) is 12.4 Å². The van der Waals surface area contributed by atoms with Gasteiger partial charge in [0.1, 0.15) is 11.4 Å². The Hall–Kier alpha value is -2.19. The predicted molar refractivity (Wildman–Crippen MR) is 96.4 cm³/mol. The number of rotatable bonds is 7. The summed E-state index contributed by atoms with van der Waals surface area (Å²) in [4.78, 5) is 12.1. The molecule has 1 amide bonds. The highest BCUT2D eigenvalue weighted by Crippen LogP contribution is 2.40. The van der Waals surface area contributed by atoms with Gasteiger partial charge in [-0.05, 0) is 47.9 Å². The average Bonchev–Trinajstić information content (AvgIpc) is 3.31. The molecule has 1 fully saturated rings. The number of hydrogen-bond acceptors (Lipinski definition) is 6. The van der Waals surface area contributed by atoms with Gasteiger partial charge >= 0.3 is 0 Å². The number of halogens is 1. The molecule has 0 aliphatic heterocycles. The van der Waals surface area contributed by atoms with Crippen molar-refractivity contribution in [3.05, 3.63) is 24.0 Å². The minimum Gasteiger partial charge on any atom is -0.494 e. The summed E-state index contributed by atoms with van der Waals surface area (Å²) in [6.07, 6.45) is 3.68. The fraction of sp³-hybridized carbons (Fsp3) is 0.500. The molecule has 1 aliphatic carbocycles. The van der Waals surface area contributed by atoms with Gasteiger partial charge in [-0.25, -0.2) is 0 Å². The van der Waals surface area contributed by atoms with Gasteiger partial charge in [0.05, 0.1) is 13.2 Å². The van der Waals surface area contributed by atoms with Gasteiger partial charge in [0.2, 0.25) is 5.91 Å². The number of anilines is 1. The highest BCUT2D eigenvalue weighted by molar-refractivity contribution is 5.95. The van der Waals surface area contributed by atoms with Gasteiger partial charge in [-0.15, -0.1) is 17.5 Å². The molecule has 1 aromatic heterocycles. The van der Waals surface area contributed by atoms with Crippen LogP contribution in [0.2, 0.25) is 0 Å². The molecule has 25 heavy (non-hydrogen) atoms. The van der Waals surface area contributed by atoms with E-state index >= 15 is 0 Å². The Bertz CT molecular complexity index is 731. The van der Waals surface area contributed by atoms with Crippen LogP contribution in [0, 0.1) is 0 Å². The summed E-state index contributed by atoms with van der Waals surface area (Å²) in [5.41, 5.74) is 7.20. The second kappa shape index (κ2) is 8.26. The lowest BCUT2D eigenvalue weighted by Crippen LogP contribution is -2.35. The van der Waals surface area contributed by atoms with Crippen molar-refractivity contribution in [1.82, 2.24) is 20.2 Å². The summed E-state index contributed by atoms with van der Waals surface area (Å²) in [5, 5.41) is 14.8. The maximum atomic E-state index is 12.1. The standard InChI is InChI=1S/C16H22N6O2.ClH/c1-3-4-12(17)16(23)18-11-7-8-14(24-2)13(9-11)22-15(10-5-6-10)19-20-21-22;/h7-10,12H,3-6,17H2,1-2H3,(H,18,23);1H. The Morgan fingerprint density at radius 3 is 2.88 bits per heavy atom. The van der Waals surface area contributed by atoms with Gasteiger partial charge in [0.25, 0.3) is 0 Å². The minimum atomic E-state index is -0.518. The van der Waals surface area contributed by atoms with E-state index in [0.717, 1.165) is 25.1 Å². The van der Waals surface area contributed by atoms with Crippen LogP contribution in [-0.4, -0.2) is 39.3 Å². The molecule has 1 aromatic carbocycles. The molecule has 1 unspecified atom stereocenters. The monoisotopic (exact) mass is 366 g/mol. The van der Waals surface area contributed by atoms with Crippen molar-refractivity contribution in [2.45, 2.75) is 44.6 Å². The lowest BCUT2D eigenvalue weighted by Gasteiger charge is -2.14. The van der Waals surface area contributed by atoms with Gasteiger partial charge < -0.3 is 15.8 Å². The van der Waals surface area contributed by atoms with E-state index in [2.05, 4.69) is 20.8 Å². The van der Waals surface area contributed by atoms with Gasteiger partial charge in [-0.3, -0.25) is 4.79 Å². The Labute approximate surface area is 152 Å². The number of carbonyl (C=O) groups excluding carboxylic acids is 1. The zero-order valence-corrected chi connectivity index (χ0v) is 15.1. The summed E-state index contributed by atoms with van der Waals surface area (Å²) >= 11 is 0. The topological polar surface area (TPSA) is 108 Å². The molecule has 0 saturated heterocycles. The van der Waals surface area contributed by atoms with Gasteiger partial charge in [0.15, 0.2) is 5.82 Å². The van der Waals surface area contributed by atoms with Crippen LogP contribution in [0.3, 0.4) is 0 Å². The lowest BCUT2D eigenvalue weighted by molar-refractivity contribution is -0.117. The molecule has 0 radical (unpaired) electrons. The molecule has 1 aliphatic rings. The number of carbonyl (C=O) groups is 1. The van der Waals surface area contributed by atoms with E-state index in [9.17, 15) is 4.79 Å². The van der Waals surface area contributed by atoms with Crippen LogP contribution >= 0.6 is 12.4 Å². The number of aromatic nitrogens is 4. The largest absolute Gasteiger partial charge is 0.494 e. The number of ether oxygens (including phenoxy) is 1. The number of nitrogens with one attached hydrogen (secondary N) is 1. The van der Waals surface area contributed by atoms with Crippen LogP contribution in [0.1, 0.15) is 44.3 Å². The van der Waals surface area contributed by atoms with Gasteiger partial charge in [-0.1, -0.05) is 13.3 Å². The Morgan fingerprint density at radius 2 is 2.24 bits per heavy atom. The first kappa shape index (κ1) is 19.1. The van der Waals surface area contributed by atoms with Crippen molar-refractivity contribution in [3.8, 4) is 11.4 Å². The summed E-state index contributed by atoms with van der Waals surface area (Å²) in [7, 11) is 1.59. The molecule has 1 saturated carbocycles. The number of nitrogens with two attached hydrogens (primary N) is 1. The van der Waals surface area contributed by atoms with Crippen molar-refractivity contribution in [2.24, 2.45) is 5.73 Å². The zero-order chi connectivity index (χ0) is 17.1. The smallest absolute Gasteiger partial charge is 0.241 e. The third kappa shape index (κ3) is 4.26. The zero-order valence-electron chi connectivity index (χ0n) is 14.3. The Kier molecular flexibility index (Phi) is 6.33. The number of amides is 1. The van der Waals surface area contributed by atoms with E-state index < -0.39 is 6.04 Å². The van der Waals surface area contributed by atoms with Crippen LogP contribution in [0.25, 0.3) is 5.69 Å². The third-order valence-corrected chi connectivity index (χ3v) is 4.05. The van der Waals surface area contributed by atoms with Crippen molar-refractivity contribution >= 4 is 24.0 Å². The quantitative estimate of drug-likeness (QED) is 0.776. The molecule has 2 aromatic rings. The fourth-order valence-corrected chi connectivity index (χ4v) is 2.57. The van der Waals surface area contributed by atoms with Gasteiger partial charge in [-0.2, -0.15) is 4.68 Å². The lowest BCUT2D eigenvalue weighted by atomic mass is 10.1. The Balaban J connectivity index is 0.00000225. The fourth-order valence-electron chi connectivity index (χ4n) is 2.57. The molecule has 0 bridgehead atoms. The first-order valence-electron chi connectivity index (χ1n) is 8.17. The maximum Gasteiger partial charge on any atom is 0.241 e. The molecule has 8 nitrogen and oxygen atoms in total. The molecule has 136 valence electrons. The van der Waals surface area contributed by atoms with E-state index in [1.165, 1.54) is 0 Å². The van der Waals surface area contributed by atoms with E-state index in [0.29, 0.717) is 29.5 Å². The van der Waals surface area contributed by atoms with Crippen molar-refractivity contribution < 1.29 is 9.53 Å². The molecule has 0 spiro atoms. The molecule has 3 N–H and O–H groups in total. The van der Waals surface area contributed by atoms with E-state index in [1.54, 1.807) is 30.0 Å². The number of nitrogens with zero attached hydrogens (tertiary/aromatic N) is 4. The van der Waals surface area contributed by atoms with E-state index in [1.807, 2.05) is 6.92 Å². The first-order valence-corrected chi connectivity index (χ1v) is 8.17. The van der Waals surface area contributed by atoms with Crippen LogP contribution in [0.4, 0.5) is 5.69 Å². The summed E-state index contributed by atoms with van der Waals surface area (Å²) in [6, 6.07) is 4.85. The molecule has 1 heterocycles. The van der Waals surface area contributed by atoms with E-state index in [4.69, 9.17) is 10.5 Å². The highest BCUT2D eigenvalue weighted by Gasteiger charge is 2.30. The normalized spacial score (nSPS) is 14.5. The molecule has 9 heteroatoms. The number of methoxy groups -OCH3 is 1. The predicted octanol–water partition coefficient (Wildman–Crippen LogP) is 2.04. The summed E-state index contributed by atoms with van der Waals surface area (Å²) in [5.74, 6) is 1.65. The Morgan fingerprint density at radius 1 is 1.48 bits per heavy atom. The van der Waals surface area contributed by atoms with Crippen LogP contribution in [0.5, 0.6) is 5.75 Å². The molecular weight excluding hydrogens is 344 g/mol. The first-order chi connectivity index (χ1) is 11.6. The average molecular weight is 367 g/mol. The van der Waals surface area contributed by atoms with Gasteiger partial charge in [0, 0.05) is 11.6 Å². The maximum absolute atomic E-state index is 12.1. The molecular formula is C16H23ClN6O2. The molecule has 1 atom stereocenters. The SMILES string of the molecule is CCCC(N)C(=O)Nc1ccc(OC)c(-n2nnnc2C2CC2)c1.Cl. The minimum absolute atomic E-state index is 0. The summed E-state index contributed by atoms with van der Waals surface area (Å²) in [6.45, 7) is 2.00. The van der Waals surface area contributed by atoms with Crippen molar-refractivity contribution in [1.29, 1.82) is 0 Å². The summed E-state index contributed by atoms with van der Waals surface area (Å²) < 4.78 is 7.10. The van der Waals surface area contributed by atoms with Crippen molar-refractivity contribution in [3.63, 3.8) is 0 Å². The van der Waals surface area contributed by atoms with Crippen LogP contribution in [-0.2, 0) is 4.79 Å². The second-order valence-corrected chi connectivity index (χ2v) is 5.99. The van der Waals surface area contributed by atoms with E-state index in [-0.39, 0.29) is 18.3 Å². The molecule has 3 rings (SSSR count).